The van der Waals surface area contributed by atoms with Crippen molar-refractivity contribution in [1.82, 2.24) is 4.98 Å². The van der Waals surface area contributed by atoms with Crippen LogP contribution >= 0.6 is 0 Å². The van der Waals surface area contributed by atoms with E-state index >= 15 is 0 Å². The molecule has 1 aromatic heterocycles. The van der Waals surface area contributed by atoms with E-state index in [1.54, 1.807) is 0 Å². The Bertz CT molecular complexity index is 508. The Morgan fingerprint density at radius 1 is 1.00 bits per heavy atom. The summed E-state index contributed by atoms with van der Waals surface area (Å²) in [6.45, 7) is 0. The van der Waals surface area contributed by atoms with Gasteiger partial charge in [0.25, 0.3) is 0 Å². The molecule has 88 valence electrons. The van der Waals surface area contributed by atoms with Crippen molar-refractivity contribution in [1.29, 1.82) is 0 Å². The van der Waals surface area contributed by atoms with Crippen LogP contribution in [0.25, 0.3) is 10.8 Å². The molecule has 3 rings (SSSR count). The number of aromatic nitrogens is 1. The molecule has 2 nitrogen and oxygen atoms in total. The predicted molar refractivity (Wildman–Crippen MR) is 70.9 cm³/mol. The summed E-state index contributed by atoms with van der Waals surface area (Å²) in [6.07, 6.45) is 6.57. The van der Waals surface area contributed by atoms with Gasteiger partial charge in [-0.1, -0.05) is 24.3 Å². The van der Waals surface area contributed by atoms with E-state index in [1.807, 2.05) is 6.20 Å². The van der Waals surface area contributed by atoms with Crippen molar-refractivity contribution in [2.24, 2.45) is 5.73 Å². The lowest BCUT2D eigenvalue weighted by Gasteiger charge is -2.26. The maximum atomic E-state index is 5.97. The van der Waals surface area contributed by atoms with Crippen LogP contribution in [0, 0.1) is 0 Å². The molecule has 0 aliphatic heterocycles. The number of hydrogen-bond acceptors (Lipinski definition) is 2. The van der Waals surface area contributed by atoms with Gasteiger partial charge in [-0.15, -0.1) is 0 Å². The molecular weight excluding hydrogens is 208 g/mol. The highest BCUT2D eigenvalue weighted by Gasteiger charge is 2.22. The molecule has 1 aliphatic carbocycles. The van der Waals surface area contributed by atoms with Gasteiger partial charge in [0.05, 0.1) is 5.69 Å². The highest BCUT2D eigenvalue weighted by Crippen LogP contribution is 2.34. The minimum absolute atomic E-state index is 0.404. The van der Waals surface area contributed by atoms with Crippen LogP contribution in [0.1, 0.15) is 37.3 Å². The van der Waals surface area contributed by atoms with Crippen LogP contribution in [0.2, 0.25) is 0 Å². The normalized spacial score (nSPS) is 25.0. The minimum Gasteiger partial charge on any atom is -0.328 e. The number of fused-ring (bicyclic) bond motifs is 1. The molecule has 2 N–H and O–H groups in total. The summed E-state index contributed by atoms with van der Waals surface area (Å²) >= 11 is 0. The molecule has 1 aliphatic rings. The lowest BCUT2D eigenvalue weighted by Crippen LogP contribution is -2.26. The quantitative estimate of drug-likeness (QED) is 0.811. The van der Waals surface area contributed by atoms with Gasteiger partial charge in [0.1, 0.15) is 0 Å². The Morgan fingerprint density at radius 2 is 1.76 bits per heavy atom. The van der Waals surface area contributed by atoms with Gasteiger partial charge in [-0.3, -0.25) is 4.98 Å². The summed E-state index contributed by atoms with van der Waals surface area (Å²) in [5, 5.41) is 2.61. The van der Waals surface area contributed by atoms with Crippen molar-refractivity contribution in [3.8, 4) is 0 Å². The zero-order chi connectivity index (χ0) is 11.7. The largest absolute Gasteiger partial charge is 0.328 e. The number of hydrogen-bond donors (Lipinski definition) is 1. The van der Waals surface area contributed by atoms with Gasteiger partial charge in [-0.05, 0) is 37.1 Å². The molecule has 0 bridgehead atoms. The maximum Gasteiger partial charge on any atom is 0.0512 e. The van der Waals surface area contributed by atoms with Crippen molar-refractivity contribution < 1.29 is 0 Å². The second kappa shape index (κ2) is 4.46. The van der Waals surface area contributed by atoms with Crippen LogP contribution in [-0.4, -0.2) is 11.0 Å². The summed E-state index contributed by atoms with van der Waals surface area (Å²) in [7, 11) is 0. The van der Waals surface area contributed by atoms with E-state index in [2.05, 4.69) is 35.3 Å². The van der Waals surface area contributed by atoms with Crippen molar-refractivity contribution >= 4 is 10.8 Å². The van der Waals surface area contributed by atoms with Gasteiger partial charge in [0.2, 0.25) is 0 Å². The molecule has 0 atom stereocenters. The van der Waals surface area contributed by atoms with Crippen molar-refractivity contribution in [2.45, 2.75) is 37.6 Å². The van der Waals surface area contributed by atoms with E-state index in [9.17, 15) is 0 Å². The average Bonchev–Trinajstić information content (AvgIpc) is 2.39. The molecule has 2 aromatic rings. The van der Waals surface area contributed by atoms with E-state index in [0.717, 1.165) is 12.8 Å². The Kier molecular flexibility index (Phi) is 2.81. The molecule has 0 spiro atoms. The first-order chi connectivity index (χ1) is 8.34. The maximum absolute atomic E-state index is 5.97. The van der Waals surface area contributed by atoms with E-state index < -0.39 is 0 Å². The molecule has 1 saturated carbocycles. The lowest BCUT2D eigenvalue weighted by molar-refractivity contribution is 0.392. The van der Waals surface area contributed by atoms with Crippen LogP contribution in [0.3, 0.4) is 0 Å². The minimum atomic E-state index is 0.404. The molecule has 1 fully saturated rings. The number of pyridine rings is 1. The van der Waals surface area contributed by atoms with E-state index in [1.165, 1.54) is 29.3 Å². The molecule has 17 heavy (non-hydrogen) atoms. The summed E-state index contributed by atoms with van der Waals surface area (Å²) in [4.78, 5) is 4.61. The molecule has 2 heteroatoms. The van der Waals surface area contributed by atoms with Crippen LogP contribution in [0.15, 0.2) is 36.5 Å². The Balaban J connectivity index is 2.00. The number of rotatable bonds is 1. The van der Waals surface area contributed by atoms with Crippen molar-refractivity contribution in [2.75, 3.05) is 0 Å². The Labute approximate surface area is 102 Å². The molecule has 0 radical (unpaired) electrons. The molecular formula is C15H18N2. The fourth-order valence-electron chi connectivity index (χ4n) is 2.86. The van der Waals surface area contributed by atoms with Crippen LogP contribution in [0.5, 0.6) is 0 Å². The van der Waals surface area contributed by atoms with Gasteiger partial charge in [-0.25, -0.2) is 0 Å². The van der Waals surface area contributed by atoms with E-state index in [-0.39, 0.29) is 0 Å². The Hall–Kier alpha value is -1.41. The smallest absolute Gasteiger partial charge is 0.0512 e. The van der Waals surface area contributed by atoms with E-state index in [0.29, 0.717) is 12.0 Å². The summed E-state index contributed by atoms with van der Waals surface area (Å²) in [5.74, 6) is 0.598. The van der Waals surface area contributed by atoms with Gasteiger partial charge >= 0.3 is 0 Å². The monoisotopic (exact) mass is 226 g/mol. The van der Waals surface area contributed by atoms with Crippen LogP contribution in [-0.2, 0) is 0 Å². The summed E-state index contributed by atoms with van der Waals surface area (Å²) in [5.41, 5.74) is 7.24. The third kappa shape index (κ3) is 2.05. The fraction of sp³-hybridized carbons (Fsp3) is 0.400. The van der Waals surface area contributed by atoms with Crippen molar-refractivity contribution in [3.63, 3.8) is 0 Å². The molecule has 0 saturated heterocycles. The second-order valence-electron chi connectivity index (χ2n) is 5.03. The first-order valence-electron chi connectivity index (χ1n) is 6.44. The number of nitrogens with two attached hydrogens (primary N) is 1. The van der Waals surface area contributed by atoms with Gasteiger partial charge in [-0.2, -0.15) is 0 Å². The topological polar surface area (TPSA) is 38.9 Å². The average molecular weight is 226 g/mol. The van der Waals surface area contributed by atoms with Crippen LogP contribution < -0.4 is 5.73 Å². The third-order valence-electron chi connectivity index (χ3n) is 3.86. The zero-order valence-corrected chi connectivity index (χ0v) is 9.97. The third-order valence-corrected chi connectivity index (χ3v) is 3.86. The van der Waals surface area contributed by atoms with Gasteiger partial charge < -0.3 is 5.73 Å². The molecule has 1 aromatic carbocycles. The lowest BCUT2D eigenvalue weighted by atomic mass is 9.83. The molecule has 0 amide bonds. The molecule has 0 unspecified atom stereocenters. The summed E-state index contributed by atoms with van der Waals surface area (Å²) in [6, 6.07) is 11.0. The first-order valence-corrected chi connectivity index (χ1v) is 6.44. The second-order valence-corrected chi connectivity index (χ2v) is 5.03. The fourth-order valence-corrected chi connectivity index (χ4v) is 2.86. The van der Waals surface area contributed by atoms with Gasteiger partial charge in [0, 0.05) is 23.5 Å². The van der Waals surface area contributed by atoms with Crippen molar-refractivity contribution in [3.05, 3.63) is 42.2 Å². The molecule has 1 heterocycles. The SMILES string of the molecule is NC1CCC(c2nccc3ccccc23)CC1. The first kappa shape index (κ1) is 10.7. The number of nitrogens with zero attached hydrogens (tertiary/aromatic N) is 1. The Morgan fingerprint density at radius 3 is 2.59 bits per heavy atom. The number of benzene rings is 1. The highest BCUT2D eigenvalue weighted by atomic mass is 14.7. The zero-order valence-electron chi connectivity index (χ0n) is 9.97. The van der Waals surface area contributed by atoms with E-state index in [4.69, 9.17) is 5.73 Å². The summed E-state index contributed by atoms with van der Waals surface area (Å²) < 4.78 is 0. The van der Waals surface area contributed by atoms with Gasteiger partial charge in [0.15, 0.2) is 0 Å². The highest BCUT2D eigenvalue weighted by molar-refractivity contribution is 5.84. The standard InChI is InChI=1S/C15H18N2/c16-13-7-5-12(6-8-13)15-14-4-2-1-3-11(14)9-10-17-15/h1-4,9-10,12-13H,5-8,16H2. The predicted octanol–water partition coefficient (Wildman–Crippen LogP) is 3.22. The van der Waals surface area contributed by atoms with Crippen LogP contribution in [0.4, 0.5) is 0 Å².